The van der Waals surface area contributed by atoms with E-state index in [-0.39, 0.29) is 110 Å². The maximum Gasteiger partial charge on any atom is 0.295 e. The number of nitrogens with zero attached hydrogens (tertiary/aromatic N) is 2. The molecule has 4 N–H and O–H groups in total. The number of rotatable bonds is 19. The van der Waals surface area contributed by atoms with Gasteiger partial charge in [0.05, 0.1) is 36.4 Å². The molecule has 4 aliphatic rings. The molecule has 12 nitrogen and oxygen atoms in total. The third-order valence-electron chi connectivity index (χ3n) is 12.7. The van der Waals surface area contributed by atoms with Gasteiger partial charge < -0.3 is 39.5 Å². The first-order chi connectivity index (χ1) is 31.3. The molecule has 0 aliphatic carbocycles. The van der Waals surface area contributed by atoms with Gasteiger partial charge in [-0.1, -0.05) is 46.6 Å². The van der Waals surface area contributed by atoms with Crippen molar-refractivity contribution in [3.63, 3.8) is 0 Å². The summed E-state index contributed by atoms with van der Waals surface area (Å²) in [5.41, 5.74) is 3.16. The largest absolute Gasteiger partial charge is 0.508 e. The van der Waals surface area contributed by atoms with Crippen molar-refractivity contribution in [3.8, 4) is 23.0 Å². The van der Waals surface area contributed by atoms with E-state index in [1.165, 1.54) is 28.2 Å². The fourth-order valence-corrected chi connectivity index (χ4v) is 8.77. The Morgan fingerprint density at radius 1 is 0.778 bits per heavy atom. The number of phenols is 2. The summed E-state index contributed by atoms with van der Waals surface area (Å²) in [6, 6.07) is 2.68. The lowest BCUT2D eigenvalue weighted by Crippen LogP contribution is -2.49. The van der Waals surface area contributed by atoms with Crippen LogP contribution in [0.1, 0.15) is 168 Å². The number of ether oxygens (including phenoxy) is 3. The number of fused-ring (bicyclic) bond motifs is 6. The van der Waals surface area contributed by atoms with Crippen molar-refractivity contribution in [3.05, 3.63) is 92.1 Å². The molecule has 6 rings (SSSR count). The minimum atomic E-state index is -1.86. The van der Waals surface area contributed by atoms with Crippen LogP contribution >= 0.6 is 0 Å². The molecule has 0 spiro atoms. The highest BCUT2D eigenvalue weighted by molar-refractivity contribution is 6.01. The van der Waals surface area contributed by atoms with Gasteiger partial charge in [0.2, 0.25) is 0 Å². The second-order valence-corrected chi connectivity index (χ2v) is 18.6. The van der Waals surface area contributed by atoms with E-state index < -0.39 is 48.3 Å². The summed E-state index contributed by atoms with van der Waals surface area (Å²) in [4.78, 5) is 42.6. The van der Waals surface area contributed by atoms with Gasteiger partial charge in [-0.3, -0.25) is 19.3 Å². The molecule has 5 atom stereocenters. The predicted octanol–water partition coefficient (Wildman–Crippen LogP) is 9.04. The molecule has 0 aromatic heterocycles. The number of carbonyl (C=O) groups excluding carboxylic acids is 3. The first-order valence-corrected chi connectivity index (χ1v) is 22.1. The molecule has 342 valence electrons. The maximum atomic E-state index is 14.0. The number of hydrogen-bond donors (Lipinski definition) is 4. The van der Waals surface area contributed by atoms with Gasteiger partial charge in [-0.2, -0.15) is 0 Å². The quantitative estimate of drug-likeness (QED) is 0.0791. The van der Waals surface area contributed by atoms with Crippen molar-refractivity contribution in [2.24, 2.45) is 0 Å². The summed E-state index contributed by atoms with van der Waals surface area (Å²) in [6.07, 6.45) is 3.06. The Morgan fingerprint density at radius 2 is 1.25 bits per heavy atom. The number of phenolic OH excluding ortho intramolecular Hbond substituents is 2. The maximum absolute atomic E-state index is 14.0. The lowest BCUT2D eigenvalue weighted by molar-refractivity contribution is -0.141. The van der Waals surface area contributed by atoms with Gasteiger partial charge in [-0.25, -0.2) is 0 Å². The highest BCUT2D eigenvalue weighted by atomic mass is 16.5. The molecule has 63 heavy (non-hydrogen) atoms. The van der Waals surface area contributed by atoms with E-state index in [0.29, 0.717) is 29.5 Å². The number of benzene rings is 2. The van der Waals surface area contributed by atoms with Crippen LogP contribution in [-0.2, 0) is 35.5 Å². The minimum Gasteiger partial charge on any atom is -0.508 e. The molecule has 0 saturated carbocycles. The molecule has 0 radical (unpaired) electrons. The zero-order chi connectivity index (χ0) is 49.4. The van der Waals surface area contributed by atoms with Crippen LogP contribution in [0.5, 0.6) is 23.0 Å². The van der Waals surface area contributed by atoms with Gasteiger partial charge >= 0.3 is 0 Å². The van der Waals surface area contributed by atoms with Crippen LogP contribution in [0.25, 0.3) is 0 Å². The van der Waals surface area contributed by atoms with E-state index in [1.54, 1.807) is 30.9 Å². The highest BCUT2D eigenvalue weighted by Crippen LogP contribution is 2.48. The van der Waals surface area contributed by atoms with Crippen LogP contribution in [0.4, 0.5) is 0 Å². The summed E-state index contributed by atoms with van der Waals surface area (Å²) in [5, 5.41) is 44.8. The number of aromatic hydroxyl groups is 2. The molecule has 12 heteroatoms. The Balaban J connectivity index is 1.14. The smallest absolute Gasteiger partial charge is 0.295 e. The number of carbonyl (C=O) groups is 3. The van der Waals surface area contributed by atoms with Crippen LogP contribution in [-0.4, -0.2) is 84.7 Å². The van der Waals surface area contributed by atoms with Crippen molar-refractivity contribution in [1.82, 2.24) is 9.80 Å². The van der Waals surface area contributed by atoms with Crippen LogP contribution < -0.4 is 9.47 Å². The lowest BCUT2D eigenvalue weighted by atomic mass is 9.84. The fourth-order valence-electron chi connectivity index (χ4n) is 8.77. The molecule has 0 fully saturated rings. The van der Waals surface area contributed by atoms with Gasteiger partial charge in [0.25, 0.3) is 18.3 Å². The van der Waals surface area contributed by atoms with Crippen molar-refractivity contribution < 1.29 is 54.5 Å². The minimum absolute atomic E-state index is 0.00921. The topological polar surface area (TPSA) is 166 Å². The Labute approximate surface area is 378 Å². The zero-order valence-corrected chi connectivity index (χ0v) is 38.1. The molecule has 0 unspecified atom stereocenters. The number of allylic oxidation sites excluding steroid dienone is 8. The zero-order valence-electron chi connectivity index (χ0n) is 42.1. The van der Waals surface area contributed by atoms with Crippen molar-refractivity contribution in [1.29, 1.82) is 0 Å². The van der Waals surface area contributed by atoms with E-state index in [1.807, 2.05) is 41.5 Å². The first kappa shape index (κ1) is 41.9. The summed E-state index contributed by atoms with van der Waals surface area (Å²) < 4.78 is 53.8. The highest BCUT2D eigenvalue weighted by Gasteiger charge is 2.46. The second-order valence-electron chi connectivity index (χ2n) is 18.6. The van der Waals surface area contributed by atoms with E-state index in [0.717, 1.165) is 24.0 Å². The third-order valence-corrected chi connectivity index (χ3v) is 12.7. The standard InChI is InChI=1S/C51H68N2O10/c1-31(2)14-9-16-33(5)18-11-21-50(7)43(57)26-37-41(55)24-35-39(46(37)62-50)28-52(48(35)59)23-13-20-45(61-30-54)53-29-40-36(49(53)60)25-42(56)38-27-44(58)51(8,63-47(38)40)22-12-19-34(6)17-10-15-32(3)4/h14-15,18-19,24-25,30,43-45,55-58H,9-13,16-17,20-23,26-29H2,1-8H3/b33-18+,34-19+/t43-,44-,45+,50-,51-/m0/s1/i11D2,12D2. The van der Waals surface area contributed by atoms with Gasteiger partial charge in [-0.05, 0) is 125 Å². The Bertz CT molecular complexity index is 2390. The molecule has 2 amide bonds. The van der Waals surface area contributed by atoms with E-state index >= 15 is 0 Å². The first-order valence-electron chi connectivity index (χ1n) is 24.1. The average Bonchev–Trinajstić information content (AvgIpc) is 3.69. The van der Waals surface area contributed by atoms with Crippen molar-refractivity contribution in [2.45, 2.75) is 175 Å². The fraction of sp³-hybridized carbons (Fsp3) is 0.549. The van der Waals surface area contributed by atoms with Gasteiger partial charge in [-0.15, -0.1) is 0 Å². The number of aliphatic hydroxyl groups is 2. The van der Waals surface area contributed by atoms with Crippen LogP contribution in [0.15, 0.2) is 58.7 Å². The Hall–Kier alpha value is -5.07. The lowest BCUT2D eigenvalue weighted by Gasteiger charge is -2.41. The molecule has 0 bridgehead atoms. The number of amides is 2. The molecule has 0 saturated heterocycles. The van der Waals surface area contributed by atoms with Crippen molar-refractivity contribution >= 4 is 18.3 Å². The molecular weight excluding hydrogens is 801 g/mol. The normalized spacial score (nSPS) is 24.7. The van der Waals surface area contributed by atoms with Gasteiger partial charge in [0.15, 0.2) is 6.23 Å². The summed E-state index contributed by atoms with van der Waals surface area (Å²) in [7, 11) is 0. The summed E-state index contributed by atoms with van der Waals surface area (Å²) >= 11 is 0. The number of hydrogen-bond acceptors (Lipinski definition) is 10. The summed E-state index contributed by atoms with van der Waals surface area (Å²) in [6.45, 7) is 15.5. The van der Waals surface area contributed by atoms with Gasteiger partial charge in [0, 0.05) is 53.5 Å². The van der Waals surface area contributed by atoms with Crippen molar-refractivity contribution in [2.75, 3.05) is 6.54 Å². The molecular formula is C51H68N2O10. The predicted molar refractivity (Wildman–Crippen MR) is 242 cm³/mol. The van der Waals surface area contributed by atoms with E-state index in [4.69, 9.17) is 19.7 Å². The molecule has 2 aromatic carbocycles. The SMILES string of the molecule is [2H]C([2H])(/C=C(\C)CCC=C(C)C)C[C@]1(C)Oc2c(c(O)cc3c2CN(CCC[C@@H](OC=O)N2Cc4c(cc(O)c5c4O[C@@](C)(CC([2H])([2H])/C=C(\C)CCC=C(C)C)[C@@H](O)C5)C2=O)C3=O)C[C@@H]1O. The second kappa shape index (κ2) is 19.8. The summed E-state index contributed by atoms with van der Waals surface area (Å²) in [5.74, 6) is -0.953. The van der Waals surface area contributed by atoms with Gasteiger partial charge in [0.1, 0.15) is 34.2 Å². The van der Waals surface area contributed by atoms with Crippen LogP contribution in [0.2, 0.25) is 0 Å². The molecule has 4 heterocycles. The Morgan fingerprint density at radius 3 is 1.73 bits per heavy atom. The Kier molecular flexibility index (Phi) is 13.1. The van der Waals surface area contributed by atoms with Crippen LogP contribution in [0.3, 0.4) is 0 Å². The monoisotopic (exact) mass is 873 g/mol. The molecule has 2 aromatic rings. The average molecular weight is 873 g/mol. The van der Waals surface area contributed by atoms with E-state index in [9.17, 15) is 34.8 Å². The van der Waals surface area contributed by atoms with Crippen LogP contribution in [0, 0.1) is 0 Å². The third kappa shape index (κ3) is 10.5. The van der Waals surface area contributed by atoms with E-state index in [2.05, 4.69) is 12.2 Å². The number of aliphatic hydroxyl groups excluding tert-OH is 2. The molecule has 4 aliphatic heterocycles.